The number of carbonyl (C=O) groups excluding carboxylic acids is 1. The molecule has 0 aliphatic carbocycles. The Morgan fingerprint density at radius 1 is 1.35 bits per heavy atom. The first-order valence-electron chi connectivity index (χ1n) is 6.47. The van der Waals surface area contributed by atoms with Gasteiger partial charge in [-0.2, -0.15) is 0 Å². The van der Waals surface area contributed by atoms with Crippen LogP contribution in [-0.2, 0) is 9.59 Å². The van der Waals surface area contributed by atoms with Crippen molar-refractivity contribution in [1.29, 1.82) is 0 Å². The average Bonchev–Trinajstić information content (AvgIpc) is 2.73. The molecule has 0 spiro atoms. The van der Waals surface area contributed by atoms with E-state index in [-0.39, 0.29) is 25.4 Å². The number of aliphatic hydroxyl groups excluding tert-OH is 1. The van der Waals surface area contributed by atoms with Gasteiger partial charge in [-0.15, -0.1) is 0 Å². The van der Waals surface area contributed by atoms with Gasteiger partial charge in [0, 0.05) is 18.7 Å². The van der Waals surface area contributed by atoms with Crippen molar-refractivity contribution < 1.29 is 19.8 Å². The summed E-state index contributed by atoms with van der Waals surface area (Å²) >= 11 is 0. The average molecular weight is 278 g/mol. The molecule has 1 heterocycles. The minimum Gasteiger partial charge on any atom is -0.480 e. The Kier molecular flexibility index (Phi) is 4.36. The maximum atomic E-state index is 11.9. The van der Waals surface area contributed by atoms with Gasteiger partial charge < -0.3 is 15.5 Å². The molecule has 0 bridgehead atoms. The molecule has 1 aliphatic rings. The lowest BCUT2D eigenvalue weighted by molar-refractivity contribution is -0.142. The van der Waals surface area contributed by atoms with Gasteiger partial charge in [0.25, 0.3) is 0 Å². The van der Waals surface area contributed by atoms with Gasteiger partial charge in [-0.3, -0.25) is 14.5 Å². The van der Waals surface area contributed by atoms with Gasteiger partial charge in [-0.05, 0) is 19.1 Å². The number of hydrogen-bond donors (Lipinski definition) is 3. The number of nitrogens with zero attached hydrogens (tertiary/aromatic N) is 1. The summed E-state index contributed by atoms with van der Waals surface area (Å²) in [4.78, 5) is 24.4. The lowest BCUT2D eigenvalue weighted by Crippen LogP contribution is -2.41. The first kappa shape index (κ1) is 14.5. The smallest absolute Gasteiger partial charge is 0.321 e. The first-order chi connectivity index (χ1) is 9.45. The van der Waals surface area contributed by atoms with Crippen LogP contribution in [0.15, 0.2) is 24.3 Å². The van der Waals surface area contributed by atoms with Gasteiger partial charge in [0.1, 0.15) is 6.04 Å². The molecule has 0 aromatic heterocycles. The number of anilines is 1. The third kappa shape index (κ3) is 3.55. The van der Waals surface area contributed by atoms with Crippen LogP contribution < -0.4 is 5.32 Å². The van der Waals surface area contributed by atoms with E-state index < -0.39 is 18.1 Å². The molecule has 2 rings (SSSR count). The van der Waals surface area contributed by atoms with Gasteiger partial charge in [0.05, 0.1) is 12.6 Å². The van der Waals surface area contributed by atoms with Gasteiger partial charge in [0.2, 0.25) is 5.91 Å². The second kappa shape index (κ2) is 6.02. The molecule has 6 heteroatoms. The van der Waals surface area contributed by atoms with Gasteiger partial charge in [-0.1, -0.05) is 17.7 Å². The lowest BCUT2D eigenvalue weighted by Gasteiger charge is -2.19. The van der Waals surface area contributed by atoms with Gasteiger partial charge >= 0.3 is 5.97 Å². The summed E-state index contributed by atoms with van der Waals surface area (Å²) in [5.74, 6) is -1.29. The molecule has 2 atom stereocenters. The number of carboxylic acid groups (broad SMARTS) is 1. The number of nitrogens with one attached hydrogen (secondary N) is 1. The van der Waals surface area contributed by atoms with Gasteiger partial charge in [-0.25, -0.2) is 0 Å². The number of carbonyl (C=O) groups is 2. The Hall–Kier alpha value is -1.92. The van der Waals surface area contributed by atoms with Crippen molar-refractivity contribution >= 4 is 17.6 Å². The molecular weight excluding hydrogens is 260 g/mol. The van der Waals surface area contributed by atoms with Crippen molar-refractivity contribution in [3.8, 4) is 0 Å². The summed E-state index contributed by atoms with van der Waals surface area (Å²) in [6, 6.07) is 6.56. The molecule has 6 nitrogen and oxygen atoms in total. The van der Waals surface area contributed by atoms with E-state index in [0.29, 0.717) is 5.69 Å². The number of rotatable bonds is 4. The molecule has 0 radical (unpaired) electrons. The Morgan fingerprint density at radius 3 is 2.60 bits per heavy atom. The normalized spacial score (nSPS) is 22.7. The quantitative estimate of drug-likeness (QED) is 0.744. The summed E-state index contributed by atoms with van der Waals surface area (Å²) in [6.07, 6.45) is -0.532. The molecular formula is C14H18N2O4. The van der Waals surface area contributed by atoms with Crippen LogP contribution in [0.3, 0.4) is 0 Å². The van der Waals surface area contributed by atoms with Crippen LogP contribution in [0.1, 0.15) is 12.0 Å². The molecule has 1 fully saturated rings. The fourth-order valence-electron chi connectivity index (χ4n) is 2.33. The van der Waals surface area contributed by atoms with Crippen molar-refractivity contribution in [3.05, 3.63) is 29.8 Å². The highest BCUT2D eigenvalue weighted by Gasteiger charge is 2.36. The molecule has 108 valence electrons. The number of β-amino-alcohol motifs (C(OH)–C–C–N with tert-alkyl or cyclic N) is 1. The number of aliphatic carboxylic acids is 1. The SMILES string of the molecule is Cc1ccc(NC(=O)CN2CC(O)CC2C(=O)O)cc1. The molecule has 0 saturated carbocycles. The number of carboxylic acids is 1. The number of aliphatic hydroxyl groups is 1. The number of benzene rings is 1. The van der Waals surface area contributed by atoms with Crippen LogP contribution in [0.5, 0.6) is 0 Å². The van der Waals surface area contributed by atoms with Crippen molar-refractivity contribution in [2.24, 2.45) is 0 Å². The Labute approximate surface area is 117 Å². The number of likely N-dealkylation sites (tertiary alicyclic amines) is 1. The maximum Gasteiger partial charge on any atom is 0.321 e. The minimum absolute atomic E-state index is 0.0398. The first-order valence-corrected chi connectivity index (χ1v) is 6.47. The Bertz CT molecular complexity index is 500. The third-order valence-corrected chi connectivity index (χ3v) is 3.35. The van der Waals surface area contributed by atoms with Crippen LogP contribution in [0.2, 0.25) is 0 Å². The van der Waals surface area contributed by atoms with Crippen molar-refractivity contribution in [3.63, 3.8) is 0 Å². The predicted octanol–water partition coefficient (Wildman–Crippen LogP) is 0.453. The molecule has 2 unspecified atom stereocenters. The van der Waals surface area contributed by atoms with Crippen molar-refractivity contribution in [2.45, 2.75) is 25.5 Å². The second-order valence-corrected chi connectivity index (χ2v) is 5.09. The summed E-state index contributed by atoms with van der Waals surface area (Å²) in [6.45, 7) is 2.12. The molecule has 1 aromatic rings. The van der Waals surface area contributed by atoms with E-state index in [1.165, 1.54) is 4.90 Å². The minimum atomic E-state index is -1.01. The van der Waals surface area contributed by atoms with Crippen LogP contribution in [0.25, 0.3) is 0 Å². The lowest BCUT2D eigenvalue weighted by atomic mass is 10.2. The monoisotopic (exact) mass is 278 g/mol. The van der Waals surface area contributed by atoms with E-state index in [0.717, 1.165) is 5.56 Å². The van der Waals surface area contributed by atoms with Gasteiger partial charge in [0.15, 0.2) is 0 Å². The van der Waals surface area contributed by atoms with E-state index in [1.54, 1.807) is 12.1 Å². The summed E-state index contributed by atoms with van der Waals surface area (Å²) in [7, 11) is 0. The fourth-order valence-corrected chi connectivity index (χ4v) is 2.33. The zero-order chi connectivity index (χ0) is 14.7. The second-order valence-electron chi connectivity index (χ2n) is 5.09. The number of hydrogen-bond acceptors (Lipinski definition) is 4. The number of amides is 1. The van der Waals surface area contributed by atoms with Crippen LogP contribution in [0.4, 0.5) is 5.69 Å². The fraction of sp³-hybridized carbons (Fsp3) is 0.429. The maximum absolute atomic E-state index is 11.9. The van der Waals surface area contributed by atoms with E-state index >= 15 is 0 Å². The Morgan fingerprint density at radius 2 is 2.00 bits per heavy atom. The molecule has 20 heavy (non-hydrogen) atoms. The molecule has 3 N–H and O–H groups in total. The summed E-state index contributed by atoms with van der Waals surface area (Å²) in [5.41, 5.74) is 1.77. The largest absolute Gasteiger partial charge is 0.480 e. The van der Waals surface area contributed by atoms with E-state index in [4.69, 9.17) is 5.11 Å². The zero-order valence-electron chi connectivity index (χ0n) is 11.2. The van der Waals surface area contributed by atoms with Crippen LogP contribution >= 0.6 is 0 Å². The van der Waals surface area contributed by atoms with E-state index in [1.807, 2.05) is 19.1 Å². The summed E-state index contributed by atoms with van der Waals surface area (Å²) < 4.78 is 0. The van der Waals surface area contributed by atoms with Crippen LogP contribution in [0, 0.1) is 6.92 Å². The predicted molar refractivity (Wildman–Crippen MR) is 73.4 cm³/mol. The highest BCUT2D eigenvalue weighted by molar-refractivity contribution is 5.92. The Balaban J connectivity index is 1.93. The van der Waals surface area contributed by atoms with Crippen LogP contribution in [-0.4, -0.2) is 52.2 Å². The number of aryl methyl sites for hydroxylation is 1. The molecule has 1 saturated heterocycles. The molecule has 1 aromatic carbocycles. The third-order valence-electron chi connectivity index (χ3n) is 3.35. The van der Waals surface area contributed by atoms with Crippen molar-refractivity contribution in [1.82, 2.24) is 4.90 Å². The highest BCUT2D eigenvalue weighted by atomic mass is 16.4. The standard InChI is InChI=1S/C14H18N2O4/c1-9-2-4-10(5-3-9)15-13(18)8-16-7-11(17)6-12(16)14(19)20/h2-5,11-12,17H,6-8H2,1H3,(H,15,18)(H,19,20). The molecule has 1 amide bonds. The van der Waals surface area contributed by atoms with E-state index in [9.17, 15) is 14.7 Å². The highest BCUT2D eigenvalue weighted by Crippen LogP contribution is 2.18. The topological polar surface area (TPSA) is 89.9 Å². The van der Waals surface area contributed by atoms with E-state index in [2.05, 4.69) is 5.32 Å². The molecule has 1 aliphatic heterocycles. The summed E-state index contributed by atoms with van der Waals surface area (Å²) in [5, 5.41) is 21.3. The zero-order valence-corrected chi connectivity index (χ0v) is 11.2. The van der Waals surface area contributed by atoms with Crippen molar-refractivity contribution in [2.75, 3.05) is 18.4 Å².